The number of aliphatic imine (C=N–C) groups is 1. The Hall–Kier alpha value is -2.73. The molecule has 2 N–H and O–H groups in total. The molecule has 2 rings (SSSR count). The molecule has 130 valence electrons. The van der Waals surface area contributed by atoms with Crippen LogP contribution in [-0.4, -0.2) is 24.3 Å². The van der Waals surface area contributed by atoms with Crippen molar-refractivity contribution in [3.05, 3.63) is 72.3 Å². The number of amides is 1. The number of ether oxygens (including phenoxy) is 1. The topological polar surface area (TPSA) is 62.7 Å². The number of hydrogen-bond acceptors (Lipinski definition) is 4. The van der Waals surface area contributed by atoms with Gasteiger partial charge in [0.2, 0.25) is 0 Å². The number of nitrogens with one attached hydrogen (secondary N) is 2. The number of benzene rings is 2. The molecule has 0 aliphatic rings. The highest BCUT2D eigenvalue weighted by molar-refractivity contribution is 7.80. The van der Waals surface area contributed by atoms with E-state index >= 15 is 0 Å². The number of para-hydroxylation sites is 1. The van der Waals surface area contributed by atoms with Gasteiger partial charge >= 0.3 is 0 Å². The summed E-state index contributed by atoms with van der Waals surface area (Å²) in [5.41, 5.74) is -0.0371. The minimum atomic E-state index is -0.553. The van der Waals surface area contributed by atoms with Crippen LogP contribution in [0.3, 0.4) is 0 Å². The van der Waals surface area contributed by atoms with Crippen LogP contribution in [-0.2, 0) is 0 Å². The molecule has 1 amide bonds. The van der Waals surface area contributed by atoms with E-state index in [-0.39, 0.29) is 5.91 Å². The first kappa shape index (κ1) is 18.6. The van der Waals surface area contributed by atoms with Crippen LogP contribution >= 0.6 is 12.6 Å². The van der Waals surface area contributed by atoms with Crippen molar-refractivity contribution < 1.29 is 9.53 Å². The van der Waals surface area contributed by atoms with Crippen LogP contribution in [0.4, 0.5) is 0 Å². The van der Waals surface area contributed by atoms with Gasteiger partial charge in [-0.15, -0.1) is 12.6 Å². The number of carbonyl (C=O) groups is 1. The van der Waals surface area contributed by atoms with E-state index in [1.165, 1.54) is 0 Å². The van der Waals surface area contributed by atoms with Gasteiger partial charge in [0, 0.05) is 12.6 Å². The van der Waals surface area contributed by atoms with Crippen LogP contribution in [0.1, 0.15) is 17.3 Å². The molecule has 0 aliphatic carbocycles. The lowest BCUT2D eigenvalue weighted by molar-refractivity contribution is 0.0948. The van der Waals surface area contributed by atoms with Crippen LogP contribution in [0.2, 0.25) is 0 Å². The molecule has 0 saturated carbocycles. The van der Waals surface area contributed by atoms with Gasteiger partial charge in [0.1, 0.15) is 22.8 Å². The third kappa shape index (κ3) is 6.00. The summed E-state index contributed by atoms with van der Waals surface area (Å²) < 4.78 is 5.71. The van der Waals surface area contributed by atoms with Crippen molar-refractivity contribution >= 4 is 24.4 Å². The Morgan fingerprint density at radius 2 is 1.72 bits per heavy atom. The molecule has 0 bridgehead atoms. The van der Waals surface area contributed by atoms with Crippen molar-refractivity contribution in [2.45, 2.75) is 12.4 Å². The van der Waals surface area contributed by atoms with Gasteiger partial charge in [0.15, 0.2) is 0 Å². The molecule has 25 heavy (non-hydrogen) atoms. The van der Waals surface area contributed by atoms with Crippen LogP contribution in [0.15, 0.2) is 71.7 Å². The first-order valence-corrected chi connectivity index (χ1v) is 8.32. The number of rotatable bonds is 6. The first-order valence-electron chi connectivity index (χ1n) is 7.80. The van der Waals surface area contributed by atoms with Crippen molar-refractivity contribution in [3.63, 3.8) is 0 Å². The lowest BCUT2D eigenvalue weighted by Gasteiger charge is -2.16. The van der Waals surface area contributed by atoms with Crippen molar-refractivity contribution in [1.82, 2.24) is 10.6 Å². The number of carbonyl (C=O) groups excluding carboxylic acids is 1. The number of hydrogen-bond donors (Lipinski definition) is 3. The van der Waals surface area contributed by atoms with Crippen LogP contribution in [0.25, 0.3) is 0 Å². The summed E-state index contributed by atoms with van der Waals surface area (Å²) in [6, 6.07) is 16.4. The van der Waals surface area contributed by atoms with E-state index in [1.807, 2.05) is 43.3 Å². The Balaban J connectivity index is 1.93. The molecule has 2 aromatic rings. The molecule has 1 atom stereocenters. The van der Waals surface area contributed by atoms with Gasteiger partial charge < -0.3 is 15.4 Å². The van der Waals surface area contributed by atoms with Gasteiger partial charge in [0.25, 0.3) is 5.91 Å². The SMILES string of the molecule is C/C=C\C(=NC)NC(S)NC(=O)c1ccc(Oc2ccccc2)cc1. The molecular weight excluding hydrogens is 334 g/mol. The zero-order valence-electron chi connectivity index (χ0n) is 14.1. The largest absolute Gasteiger partial charge is 0.457 e. The highest BCUT2D eigenvalue weighted by Crippen LogP contribution is 2.21. The van der Waals surface area contributed by atoms with Gasteiger partial charge in [-0.25, -0.2) is 0 Å². The van der Waals surface area contributed by atoms with E-state index in [2.05, 4.69) is 28.3 Å². The van der Waals surface area contributed by atoms with Crippen molar-refractivity contribution in [2.24, 2.45) is 4.99 Å². The van der Waals surface area contributed by atoms with Gasteiger partial charge in [-0.3, -0.25) is 9.79 Å². The number of thiol groups is 1. The highest BCUT2D eigenvalue weighted by atomic mass is 32.1. The number of amidine groups is 1. The van der Waals surface area contributed by atoms with Crippen LogP contribution < -0.4 is 15.4 Å². The second-order valence-corrected chi connectivity index (χ2v) is 5.59. The average Bonchev–Trinajstić information content (AvgIpc) is 2.62. The Morgan fingerprint density at radius 1 is 1.08 bits per heavy atom. The maximum Gasteiger partial charge on any atom is 0.253 e. The monoisotopic (exact) mass is 355 g/mol. The zero-order chi connectivity index (χ0) is 18.1. The molecule has 1 unspecified atom stereocenters. The molecule has 5 nitrogen and oxygen atoms in total. The fourth-order valence-electron chi connectivity index (χ4n) is 2.03. The third-order valence-corrected chi connectivity index (χ3v) is 3.47. The Bertz CT molecular complexity index is 743. The zero-order valence-corrected chi connectivity index (χ0v) is 15.0. The van der Waals surface area contributed by atoms with Gasteiger partial charge in [-0.05, 0) is 49.4 Å². The summed E-state index contributed by atoms with van der Waals surface area (Å²) in [5, 5.41) is 5.73. The molecule has 2 aromatic carbocycles. The van der Waals surface area contributed by atoms with Crippen molar-refractivity contribution in [3.8, 4) is 11.5 Å². The second kappa shape index (κ2) is 9.54. The Morgan fingerprint density at radius 3 is 2.32 bits per heavy atom. The fraction of sp³-hybridized carbons (Fsp3) is 0.158. The van der Waals surface area contributed by atoms with E-state index < -0.39 is 5.50 Å². The summed E-state index contributed by atoms with van der Waals surface area (Å²) in [6.07, 6.45) is 3.65. The minimum Gasteiger partial charge on any atom is -0.457 e. The van der Waals surface area contributed by atoms with Crippen molar-refractivity contribution in [1.29, 1.82) is 0 Å². The molecule has 0 aromatic heterocycles. The van der Waals surface area contributed by atoms with Crippen LogP contribution in [0.5, 0.6) is 11.5 Å². The van der Waals surface area contributed by atoms with E-state index in [1.54, 1.807) is 37.4 Å². The third-order valence-electron chi connectivity index (χ3n) is 3.21. The van der Waals surface area contributed by atoms with Gasteiger partial charge in [-0.2, -0.15) is 0 Å². The summed E-state index contributed by atoms with van der Waals surface area (Å²) in [5.74, 6) is 1.80. The first-order chi connectivity index (χ1) is 12.1. The molecule has 0 fully saturated rings. The lowest BCUT2D eigenvalue weighted by Crippen LogP contribution is -2.43. The molecular formula is C19H21N3O2S. The van der Waals surface area contributed by atoms with Crippen LogP contribution in [0, 0.1) is 0 Å². The minimum absolute atomic E-state index is 0.241. The van der Waals surface area contributed by atoms with E-state index in [0.29, 0.717) is 17.1 Å². The number of allylic oxidation sites excluding steroid dienone is 1. The lowest BCUT2D eigenvalue weighted by atomic mass is 10.2. The highest BCUT2D eigenvalue weighted by Gasteiger charge is 2.11. The van der Waals surface area contributed by atoms with Gasteiger partial charge in [-0.1, -0.05) is 24.3 Å². The molecule has 0 radical (unpaired) electrons. The Kier molecular flexibility index (Phi) is 7.10. The van der Waals surface area contributed by atoms with E-state index in [0.717, 1.165) is 5.75 Å². The summed E-state index contributed by atoms with van der Waals surface area (Å²) >= 11 is 4.31. The molecule has 0 spiro atoms. The van der Waals surface area contributed by atoms with Crippen molar-refractivity contribution in [2.75, 3.05) is 7.05 Å². The predicted molar refractivity (Wildman–Crippen MR) is 105 cm³/mol. The van der Waals surface area contributed by atoms with Gasteiger partial charge in [0.05, 0.1) is 0 Å². The fourth-order valence-corrected chi connectivity index (χ4v) is 2.28. The molecule has 0 aliphatic heterocycles. The summed E-state index contributed by atoms with van der Waals surface area (Å²) in [6.45, 7) is 1.89. The molecule has 0 saturated heterocycles. The molecule has 0 heterocycles. The average molecular weight is 355 g/mol. The number of nitrogens with zero attached hydrogens (tertiary/aromatic N) is 1. The smallest absolute Gasteiger partial charge is 0.253 e. The normalized spacial score (nSPS) is 12.7. The molecule has 6 heteroatoms. The van der Waals surface area contributed by atoms with E-state index in [9.17, 15) is 4.79 Å². The maximum absolute atomic E-state index is 12.3. The summed E-state index contributed by atoms with van der Waals surface area (Å²) in [4.78, 5) is 16.3. The standard InChI is InChI=1S/C19H21N3O2S/c1-3-7-17(20-2)21-19(25)22-18(23)14-10-12-16(13-11-14)24-15-8-5-4-6-9-15/h3-13,19,25H,1-2H3,(H,20,21)(H,22,23)/b7-3-. The Labute approximate surface area is 153 Å². The maximum atomic E-state index is 12.3. The second-order valence-electron chi connectivity index (χ2n) is 5.07. The summed E-state index contributed by atoms with van der Waals surface area (Å²) in [7, 11) is 1.66. The predicted octanol–water partition coefficient (Wildman–Crippen LogP) is 3.62. The van der Waals surface area contributed by atoms with E-state index in [4.69, 9.17) is 4.74 Å². The quantitative estimate of drug-likeness (QED) is 0.321.